The normalized spacial score (nSPS) is 30.7. The Labute approximate surface area is 151 Å². The first-order valence-electron chi connectivity index (χ1n) is 8.71. The maximum atomic E-state index is 12.3. The molecular weight excluding hydrogens is 342 g/mol. The van der Waals surface area contributed by atoms with Gasteiger partial charge in [-0.2, -0.15) is 0 Å². The molecular formula is C17H25N3O4S. The van der Waals surface area contributed by atoms with Crippen molar-refractivity contribution < 1.29 is 19.5 Å². The topological polar surface area (TPSA) is 113 Å². The first-order valence-corrected chi connectivity index (χ1v) is 9.59. The molecule has 0 unspecified atom stereocenters. The molecule has 0 saturated carbocycles. The summed E-state index contributed by atoms with van der Waals surface area (Å²) < 4.78 is -0.576. The Balaban J connectivity index is 1.57. The van der Waals surface area contributed by atoms with Gasteiger partial charge in [0.25, 0.3) is 0 Å². The number of nitrogens with one attached hydrogen (secondary N) is 1. The van der Waals surface area contributed by atoms with Crippen molar-refractivity contribution in [3.05, 3.63) is 11.3 Å². The van der Waals surface area contributed by atoms with Gasteiger partial charge in [0.05, 0.1) is 0 Å². The number of allylic oxidation sites excluding steroid dienone is 2. The van der Waals surface area contributed by atoms with Gasteiger partial charge in [0.15, 0.2) is 0 Å². The highest BCUT2D eigenvalue weighted by atomic mass is 32.2. The second kappa shape index (κ2) is 6.55. The Hall–Kier alpha value is -1.70. The summed E-state index contributed by atoms with van der Waals surface area (Å²) in [5, 5.41) is 11.9. The largest absolute Gasteiger partial charge is 0.480 e. The van der Waals surface area contributed by atoms with E-state index < -0.39 is 22.8 Å². The molecule has 1 aliphatic carbocycles. The van der Waals surface area contributed by atoms with Crippen LogP contribution in [-0.4, -0.2) is 50.0 Å². The minimum atomic E-state index is -1.00. The van der Waals surface area contributed by atoms with Crippen molar-refractivity contribution in [2.45, 2.75) is 74.6 Å². The number of aliphatic carboxylic acids is 1. The number of rotatable bonds is 5. The smallest absolute Gasteiger partial charge is 0.327 e. The Morgan fingerprint density at radius 1 is 1.36 bits per heavy atom. The molecule has 2 heterocycles. The van der Waals surface area contributed by atoms with Gasteiger partial charge in [-0.25, -0.2) is 4.79 Å². The minimum Gasteiger partial charge on any atom is -0.480 e. The van der Waals surface area contributed by atoms with E-state index in [1.165, 1.54) is 16.7 Å². The molecule has 4 N–H and O–H groups in total. The van der Waals surface area contributed by atoms with Gasteiger partial charge in [0.2, 0.25) is 11.8 Å². The number of thioether (sulfide) groups is 1. The van der Waals surface area contributed by atoms with Crippen LogP contribution in [0.1, 0.15) is 52.4 Å². The van der Waals surface area contributed by atoms with Gasteiger partial charge < -0.3 is 21.1 Å². The van der Waals surface area contributed by atoms with E-state index in [9.17, 15) is 19.5 Å². The molecule has 8 heteroatoms. The molecule has 2 fully saturated rings. The third-order valence-corrected chi connectivity index (χ3v) is 6.85. The highest BCUT2D eigenvalue weighted by Gasteiger charge is 2.64. The molecule has 0 spiro atoms. The van der Waals surface area contributed by atoms with Crippen LogP contribution >= 0.6 is 11.8 Å². The molecule has 3 rings (SSSR count). The maximum Gasteiger partial charge on any atom is 0.327 e. The number of amides is 2. The van der Waals surface area contributed by atoms with E-state index in [-0.39, 0.29) is 17.2 Å². The van der Waals surface area contributed by atoms with E-state index in [4.69, 9.17) is 5.73 Å². The van der Waals surface area contributed by atoms with Gasteiger partial charge in [0, 0.05) is 16.9 Å². The summed E-state index contributed by atoms with van der Waals surface area (Å²) in [4.78, 5) is 37.4. The summed E-state index contributed by atoms with van der Waals surface area (Å²) in [6.45, 7) is 3.64. The lowest BCUT2D eigenvalue weighted by atomic mass is 9.93. The molecule has 138 valence electrons. The van der Waals surface area contributed by atoms with Gasteiger partial charge in [-0.1, -0.05) is 5.57 Å². The average Bonchev–Trinajstić information content (AvgIpc) is 2.80. The van der Waals surface area contributed by atoms with Crippen LogP contribution in [0.3, 0.4) is 0 Å². The monoisotopic (exact) mass is 367 g/mol. The third kappa shape index (κ3) is 3.23. The molecule has 0 aromatic rings. The number of nitrogens with zero attached hydrogens (tertiary/aromatic N) is 1. The van der Waals surface area contributed by atoms with E-state index in [1.54, 1.807) is 0 Å². The summed E-state index contributed by atoms with van der Waals surface area (Å²) in [6, 6.07) is -1.48. The van der Waals surface area contributed by atoms with Crippen molar-refractivity contribution in [2.24, 2.45) is 5.73 Å². The molecule has 0 bridgehead atoms. The number of fused-ring (bicyclic) bond motifs is 1. The van der Waals surface area contributed by atoms with Crippen LogP contribution in [0.2, 0.25) is 0 Å². The summed E-state index contributed by atoms with van der Waals surface area (Å²) in [6.07, 6.45) is 5.00. The predicted octanol–water partition coefficient (Wildman–Crippen LogP) is 1.19. The minimum absolute atomic E-state index is 0.180. The number of nitrogens with two attached hydrogens (primary N) is 1. The fourth-order valence-electron chi connectivity index (χ4n) is 3.93. The quantitative estimate of drug-likeness (QED) is 0.629. The number of hydrogen-bond acceptors (Lipinski definition) is 5. The highest BCUT2D eigenvalue weighted by molar-refractivity contribution is 8.01. The average molecular weight is 367 g/mol. The van der Waals surface area contributed by atoms with Gasteiger partial charge in [-0.15, -0.1) is 11.8 Å². The molecule has 2 saturated heterocycles. The number of carboxylic acid groups (broad SMARTS) is 1. The predicted molar refractivity (Wildman–Crippen MR) is 94.6 cm³/mol. The number of hydrogen-bond donors (Lipinski definition) is 3. The van der Waals surface area contributed by atoms with Gasteiger partial charge in [-0.05, 0) is 46.0 Å². The van der Waals surface area contributed by atoms with Crippen molar-refractivity contribution in [3.63, 3.8) is 0 Å². The molecule has 25 heavy (non-hydrogen) atoms. The van der Waals surface area contributed by atoms with E-state index in [2.05, 4.69) is 5.32 Å². The SMILES string of the molecule is CC1(C)S[C@@H]2[C@H](NC(=O)CCC3=C(N)CCCC3)C(=O)N2[C@H]1C(=O)O. The number of carbonyl (C=O) groups is 3. The molecule has 0 aromatic heterocycles. The lowest BCUT2D eigenvalue weighted by Gasteiger charge is -2.43. The van der Waals surface area contributed by atoms with E-state index >= 15 is 0 Å². The zero-order chi connectivity index (χ0) is 18.4. The second-order valence-corrected chi connectivity index (χ2v) is 9.25. The Morgan fingerprint density at radius 3 is 2.68 bits per heavy atom. The number of carboxylic acids is 1. The molecule has 2 aliphatic heterocycles. The van der Waals surface area contributed by atoms with Crippen molar-refractivity contribution in [2.75, 3.05) is 0 Å². The standard InChI is InChI=1S/C17H25N3O4S/c1-17(2)13(16(23)24)20-14(22)12(15(20)25-17)19-11(21)8-7-9-5-3-4-6-10(9)18/h12-13,15H,3-8,18H2,1-2H3,(H,19,21)(H,23,24)/t12-,13+,15-/m1/s1. The highest BCUT2D eigenvalue weighted by Crippen LogP contribution is 2.50. The van der Waals surface area contributed by atoms with Crippen molar-refractivity contribution in [3.8, 4) is 0 Å². The van der Waals surface area contributed by atoms with E-state index in [0.717, 1.165) is 37.0 Å². The third-order valence-electron chi connectivity index (χ3n) is 5.27. The second-order valence-electron chi connectivity index (χ2n) is 7.48. The Morgan fingerprint density at radius 2 is 2.04 bits per heavy atom. The molecule has 3 atom stereocenters. The van der Waals surface area contributed by atoms with Crippen molar-refractivity contribution in [1.29, 1.82) is 0 Å². The Bertz CT molecular complexity index is 646. The molecule has 7 nitrogen and oxygen atoms in total. The van der Waals surface area contributed by atoms with Crippen LogP contribution in [-0.2, 0) is 14.4 Å². The molecule has 0 radical (unpaired) electrons. The first-order chi connectivity index (χ1) is 11.7. The summed E-state index contributed by atoms with van der Waals surface area (Å²) in [5.74, 6) is -1.49. The summed E-state index contributed by atoms with van der Waals surface area (Å²) >= 11 is 1.43. The fourth-order valence-corrected chi connectivity index (χ4v) is 5.56. The fraction of sp³-hybridized carbons (Fsp3) is 0.706. The van der Waals surface area contributed by atoms with Crippen LogP contribution < -0.4 is 11.1 Å². The lowest BCUT2D eigenvalue weighted by molar-refractivity contribution is -0.161. The van der Waals surface area contributed by atoms with Crippen LogP contribution in [0.25, 0.3) is 0 Å². The van der Waals surface area contributed by atoms with Crippen molar-refractivity contribution in [1.82, 2.24) is 10.2 Å². The van der Waals surface area contributed by atoms with Crippen LogP contribution in [0.4, 0.5) is 0 Å². The molecule has 3 aliphatic rings. The van der Waals surface area contributed by atoms with Crippen LogP contribution in [0.5, 0.6) is 0 Å². The van der Waals surface area contributed by atoms with Crippen LogP contribution in [0, 0.1) is 0 Å². The summed E-state index contributed by atoms with van der Waals surface area (Å²) in [5.41, 5.74) is 8.06. The first kappa shape index (κ1) is 18.1. The Kier molecular flexibility index (Phi) is 4.74. The van der Waals surface area contributed by atoms with Gasteiger partial charge >= 0.3 is 5.97 Å². The van der Waals surface area contributed by atoms with E-state index in [1.807, 2.05) is 13.8 Å². The zero-order valence-electron chi connectivity index (χ0n) is 14.6. The van der Waals surface area contributed by atoms with Crippen molar-refractivity contribution >= 4 is 29.5 Å². The van der Waals surface area contributed by atoms with Gasteiger partial charge in [0.1, 0.15) is 17.5 Å². The number of carbonyl (C=O) groups excluding carboxylic acids is 2. The summed E-state index contributed by atoms with van der Waals surface area (Å²) in [7, 11) is 0. The number of β-lactam (4-membered cyclic amide) rings is 1. The van der Waals surface area contributed by atoms with Gasteiger partial charge in [-0.3, -0.25) is 9.59 Å². The molecule has 0 aromatic carbocycles. The molecule has 2 amide bonds. The zero-order valence-corrected chi connectivity index (χ0v) is 15.4. The lowest BCUT2D eigenvalue weighted by Crippen LogP contribution is -2.70. The maximum absolute atomic E-state index is 12.3. The van der Waals surface area contributed by atoms with E-state index in [0.29, 0.717) is 12.8 Å². The van der Waals surface area contributed by atoms with Crippen LogP contribution in [0.15, 0.2) is 11.3 Å².